The lowest BCUT2D eigenvalue weighted by Gasteiger charge is -2.36. The number of unbranched alkanes of at least 4 members (excludes halogenated alkanes) is 1. The molecule has 0 unspecified atom stereocenters. The molecule has 0 saturated heterocycles. The maximum absolute atomic E-state index is 13.7. The number of fused-ring (bicyclic) bond motifs is 12. The first kappa shape index (κ1) is 40.7. The van der Waals surface area contributed by atoms with Gasteiger partial charge in [0.1, 0.15) is 46.0 Å². The Balaban J connectivity index is 0.810. The van der Waals surface area contributed by atoms with Crippen LogP contribution in [0.25, 0.3) is 0 Å². The van der Waals surface area contributed by atoms with Crippen molar-refractivity contribution >= 4 is 29.5 Å². The molecule has 2 spiro atoms. The molecule has 15 nitrogen and oxygen atoms in total. The number of hydrogen-bond acceptors (Lipinski definition) is 13. The van der Waals surface area contributed by atoms with Gasteiger partial charge in [-0.1, -0.05) is 19.1 Å². The fourth-order valence-corrected chi connectivity index (χ4v) is 9.27. The molecular formula is C50H38N2O13. The molecule has 6 N–H and O–H groups in total. The van der Waals surface area contributed by atoms with Crippen molar-refractivity contribution in [3.8, 4) is 46.0 Å². The van der Waals surface area contributed by atoms with Gasteiger partial charge in [0.25, 0.3) is 11.8 Å². The second kappa shape index (κ2) is 15.2. The van der Waals surface area contributed by atoms with Gasteiger partial charge in [0, 0.05) is 81.7 Å². The Hall–Kier alpha value is -8.33. The zero-order valence-electron chi connectivity index (χ0n) is 34.5. The largest absolute Gasteiger partial charge is 0.508 e. The van der Waals surface area contributed by atoms with Crippen LogP contribution in [0, 0.1) is 0 Å². The second-order valence-electron chi connectivity index (χ2n) is 16.2. The first-order valence-corrected chi connectivity index (χ1v) is 20.9. The minimum Gasteiger partial charge on any atom is -0.508 e. The lowest BCUT2D eigenvalue weighted by Crippen LogP contribution is -2.40. The number of ketones is 1. The summed E-state index contributed by atoms with van der Waals surface area (Å²) in [7, 11) is 0. The predicted octanol–water partition coefficient (Wildman–Crippen LogP) is 7.32. The van der Waals surface area contributed by atoms with Gasteiger partial charge in [-0.15, -0.1) is 0 Å². The van der Waals surface area contributed by atoms with Gasteiger partial charge < -0.3 is 50.0 Å². The molecule has 65 heavy (non-hydrogen) atoms. The minimum absolute atomic E-state index is 0.0712. The number of ether oxygens (including phenoxy) is 4. The molecule has 1 atom stereocenters. The quantitative estimate of drug-likeness (QED) is 0.0587. The van der Waals surface area contributed by atoms with Gasteiger partial charge >= 0.3 is 11.9 Å². The van der Waals surface area contributed by atoms with Gasteiger partial charge in [-0.05, 0) is 92.1 Å². The number of Topliss-reactive ketones (excluding diaryl/α,β-unsaturated/α-hetero) is 1. The Bertz CT molecular complexity index is 2960. The summed E-state index contributed by atoms with van der Waals surface area (Å²) in [6, 6.07) is 26.1. The molecule has 4 aliphatic rings. The first-order valence-electron chi connectivity index (χ1n) is 20.9. The Labute approximate surface area is 369 Å². The van der Waals surface area contributed by atoms with Gasteiger partial charge in [0.15, 0.2) is 17.0 Å². The molecule has 2 amide bonds. The molecule has 6 aromatic rings. The maximum Gasteiger partial charge on any atom is 0.340 e. The minimum atomic E-state index is -1.50. The normalized spacial score (nSPS) is 15.4. The molecule has 15 heteroatoms. The number of phenols is 4. The number of amides is 2. The summed E-state index contributed by atoms with van der Waals surface area (Å²) in [4.78, 5) is 67.3. The summed E-state index contributed by atoms with van der Waals surface area (Å²) in [5.74, 6) is -2.01. The van der Waals surface area contributed by atoms with Gasteiger partial charge in [0.2, 0.25) is 0 Å². The van der Waals surface area contributed by atoms with Gasteiger partial charge in [-0.25, -0.2) is 9.59 Å². The lowest BCUT2D eigenvalue weighted by molar-refractivity contribution is -0.120. The summed E-state index contributed by atoms with van der Waals surface area (Å²) in [6.45, 7) is 1.92. The number of carbonyl (C=O) groups excluding carboxylic acids is 5. The Morgan fingerprint density at radius 2 is 0.938 bits per heavy atom. The van der Waals surface area contributed by atoms with Crippen LogP contribution < -0.4 is 20.1 Å². The number of rotatable bonds is 10. The number of aromatic hydroxyl groups is 4. The van der Waals surface area contributed by atoms with Crippen molar-refractivity contribution < 1.29 is 63.3 Å². The zero-order valence-corrected chi connectivity index (χ0v) is 34.5. The molecule has 0 fully saturated rings. The van der Waals surface area contributed by atoms with E-state index in [0.29, 0.717) is 46.2 Å². The van der Waals surface area contributed by atoms with Crippen LogP contribution in [0.3, 0.4) is 0 Å². The lowest BCUT2D eigenvalue weighted by atomic mass is 9.77. The number of nitrogens with one attached hydrogen (secondary N) is 2. The van der Waals surface area contributed by atoms with E-state index in [1.807, 2.05) is 0 Å². The van der Waals surface area contributed by atoms with Crippen molar-refractivity contribution in [3.05, 3.63) is 165 Å². The van der Waals surface area contributed by atoms with Crippen LogP contribution in [0.5, 0.6) is 46.0 Å². The van der Waals surface area contributed by atoms with Crippen LogP contribution in [0.2, 0.25) is 0 Å². The average Bonchev–Trinajstić information content (AvgIpc) is 3.74. The number of phenolic OH excluding ortho intramolecular Hbond substituents is 4. The van der Waals surface area contributed by atoms with E-state index in [4.69, 9.17) is 18.9 Å². The topological polar surface area (TPSA) is 227 Å². The molecule has 0 radical (unpaired) electrons. The summed E-state index contributed by atoms with van der Waals surface area (Å²) in [6.07, 6.45) is 1.33. The smallest absolute Gasteiger partial charge is 0.340 e. The predicted molar refractivity (Wildman–Crippen MR) is 229 cm³/mol. The van der Waals surface area contributed by atoms with Crippen LogP contribution >= 0.6 is 0 Å². The average molecular weight is 875 g/mol. The Morgan fingerprint density at radius 1 is 0.538 bits per heavy atom. The van der Waals surface area contributed by atoms with Gasteiger partial charge in [-0.3, -0.25) is 14.4 Å². The van der Waals surface area contributed by atoms with E-state index in [1.54, 1.807) is 49.4 Å². The molecule has 0 bridgehead atoms. The highest BCUT2D eigenvalue weighted by atomic mass is 16.6. The molecule has 326 valence electrons. The monoisotopic (exact) mass is 874 g/mol. The molecule has 0 saturated carbocycles. The third kappa shape index (κ3) is 6.45. The van der Waals surface area contributed by atoms with Gasteiger partial charge in [0.05, 0.1) is 17.2 Å². The van der Waals surface area contributed by atoms with Crippen molar-refractivity contribution in [2.75, 3.05) is 6.54 Å². The first-order chi connectivity index (χ1) is 31.3. The fourth-order valence-electron chi connectivity index (χ4n) is 9.27. The van der Waals surface area contributed by atoms with Crippen LogP contribution in [-0.2, 0) is 25.5 Å². The van der Waals surface area contributed by atoms with Crippen LogP contribution in [0.4, 0.5) is 0 Å². The Morgan fingerprint density at radius 3 is 1.35 bits per heavy atom. The highest BCUT2D eigenvalue weighted by Gasteiger charge is 2.55. The van der Waals surface area contributed by atoms with E-state index < -0.39 is 41.0 Å². The van der Waals surface area contributed by atoms with E-state index in [1.165, 1.54) is 66.7 Å². The molecule has 10 rings (SSSR count). The van der Waals surface area contributed by atoms with Crippen molar-refractivity contribution in [2.24, 2.45) is 0 Å². The van der Waals surface area contributed by atoms with Crippen molar-refractivity contribution in [1.82, 2.24) is 10.6 Å². The van der Waals surface area contributed by atoms with Crippen molar-refractivity contribution in [3.63, 3.8) is 0 Å². The number of benzene rings is 6. The number of carbonyl (C=O) groups is 5. The Kier molecular flexibility index (Phi) is 9.52. The summed E-state index contributed by atoms with van der Waals surface area (Å²) in [5, 5.41) is 46.5. The summed E-state index contributed by atoms with van der Waals surface area (Å²) in [5.41, 5.74) is 0.315. The van der Waals surface area contributed by atoms with Crippen LogP contribution in [0.15, 0.2) is 109 Å². The number of hydrogen-bond donors (Lipinski definition) is 6. The molecular weight excluding hydrogens is 837 g/mol. The van der Waals surface area contributed by atoms with Gasteiger partial charge in [-0.2, -0.15) is 0 Å². The zero-order chi connectivity index (χ0) is 45.4. The molecule has 4 heterocycles. The van der Waals surface area contributed by atoms with Crippen LogP contribution in [-0.4, -0.2) is 62.5 Å². The van der Waals surface area contributed by atoms with E-state index in [9.17, 15) is 44.4 Å². The van der Waals surface area contributed by atoms with E-state index >= 15 is 0 Å². The van der Waals surface area contributed by atoms with E-state index in [-0.39, 0.29) is 93.4 Å². The van der Waals surface area contributed by atoms with E-state index in [2.05, 4.69) is 10.6 Å². The third-order valence-corrected chi connectivity index (χ3v) is 12.3. The summed E-state index contributed by atoms with van der Waals surface area (Å²) < 4.78 is 24.2. The fraction of sp³-hybridized carbons (Fsp3) is 0.180. The SMILES string of the molecule is CCC(=O)[C@H](CCCCNC(=O)c1ccc2c(c1)C(=O)OC21c2ccc(O)cc2Oc2cc(O)ccc21)NC(=O)c1ccc2c(c1)C(=O)OC21c2ccc(O)cc2Oc2cc(O)ccc21. The standard InChI is InChI=1S/C50H38N2O13/c1-2-40(57)39(52-46(59)26-7-13-34-32(20-26)48(61)65-50(34)37-16-10-29(55)23-43(37)63-44-24-30(56)11-17-38(44)50)5-3-4-18-51-45(58)25-6-12-33-31(19-25)47(60)64-49(33)35-14-8-27(53)21-41(35)62-42-22-28(54)9-15-36(42)49/h6-17,19-24,39,53-56H,2-5,18H2,1H3,(H,51,58)(H,52,59)/t39-/m0/s1. The molecule has 4 aliphatic heterocycles. The second-order valence-corrected chi connectivity index (χ2v) is 16.2. The highest BCUT2D eigenvalue weighted by Crippen LogP contribution is 2.58. The van der Waals surface area contributed by atoms with E-state index in [0.717, 1.165) is 0 Å². The summed E-state index contributed by atoms with van der Waals surface area (Å²) >= 11 is 0. The molecule has 0 aromatic heterocycles. The number of esters is 2. The molecule has 6 aromatic carbocycles. The van der Waals surface area contributed by atoms with Crippen molar-refractivity contribution in [2.45, 2.75) is 49.9 Å². The van der Waals surface area contributed by atoms with Crippen molar-refractivity contribution in [1.29, 1.82) is 0 Å². The highest BCUT2D eigenvalue weighted by molar-refractivity contribution is 6.03. The molecule has 0 aliphatic carbocycles. The van der Waals surface area contributed by atoms with Crippen LogP contribution in [0.1, 0.15) is 107 Å². The maximum atomic E-state index is 13.7. The third-order valence-electron chi connectivity index (χ3n) is 12.3.